The Morgan fingerprint density at radius 3 is 2.57 bits per heavy atom. The van der Waals surface area contributed by atoms with Gasteiger partial charge in [-0.15, -0.1) is 0 Å². The molecule has 1 amide bonds. The molecule has 4 rings (SSSR count). The van der Waals surface area contributed by atoms with Gasteiger partial charge in [0, 0.05) is 19.3 Å². The van der Waals surface area contributed by atoms with Crippen molar-refractivity contribution in [2.24, 2.45) is 0 Å². The number of carbonyl (C=O) groups excluding carboxylic acids is 1. The minimum absolute atomic E-state index is 0.264. The summed E-state index contributed by atoms with van der Waals surface area (Å²) in [6, 6.07) is 1.01. The molecule has 7 nitrogen and oxygen atoms in total. The molecule has 2 fully saturated rings. The summed E-state index contributed by atoms with van der Waals surface area (Å²) in [6.45, 7) is 2.31. The van der Waals surface area contributed by atoms with Gasteiger partial charge in [-0.2, -0.15) is 13.2 Å². The van der Waals surface area contributed by atoms with Gasteiger partial charge in [-0.25, -0.2) is 9.82 Å². The topological polar surface area (TPSA) is 68.9 Å². The van der Waals surface area contributed by atoms with Gasteiger partial charge in [-0.3, -0.25) is 20.0 Å². The number of carbonyl (C=O) groups is 1. The van der Waals surface area contributed by atoms with E-state index in [1.165, 1.54) is 6.20 Å². The van der Waals surface area contributed by atoms with E-state index in [2.05, 4.69) is 16.1 Å². The highest BCUT2D eigenvalue weighted by atomic mass is 35.5. The molecule has 2 atom stereocenters. The van der Waals surface area contributed by atoms with Gasteiger partial charge in [-0.1, -0.05) is 11.6 Å². The number of nitrogens with zero attached hydrogens (tertiary/aromatic N) is 2. The van der Waals surface area contributed by atoms with E-state index >= 15 is 0 Å². The smallest absolute Gasteiger partial charge is 0.379 e. The predicted molar refractivity (Wildman–Crippen MR) is 91.4 cm³/mol. The van der Waals surface area contributed by atoms with Crippen LogP contribution >= 0.6 is 11.6 Å². The molecule has 3 aliphatic heterocycles. The number of hydrogen-bond acceptors (Lipinski definition) is 6. The number of anilines is 1. The first kappa shape index (κ1) is 19.4. The van der Waals surface area contributed by atoms with Crippen molar-refractivity contribution >= 4 is 23.2 Å². The minimum Gasteiger partial charge on any atom is -0.379 e. The standard InChI is InChI=1S/C16H16ClF4N5O2/c17-10-5-8(16(19,20)21)6-11(18)12(10)26-7-9-13(24-26)22-15(23-14(9)27)25-1-3-28-4-2-25/h5-7,13,15,22,24H,1-4H2,(H,23,27). The average molecular weight is 422 g/mol. The zero-order valence-electron chi connectivity index (χ0n) is 14.3. The molecule has 0 spiro atoms. The van der Waals surface area contributed by atoms with Crippen molar-refractivity contribution in [3.05, 3.63) is 40.3 Å². The first-order valence-electron chi connectivity index (χ1n) is 8.46. The van der Waals surface area contributed by atoms with Crippen LogP contribution in [0.5, 0.6) is 0 Å². The van der Waals surface area contributed by atoms with Crippen molar-refractivity contribution < 1.29 is 27.1 Å². The summed E-state index contributed by atoms with van der Waals surface area (Å²) in [5.74, 6) is -1.54. The molecule has 12 heteroatoms. The van der Waals surface area contributed by atoms with Gasteiger partial charge in [0.15, 0.2) is 0 Å². The third-order valence-corrected chi connectivity index (χ3v) is 4.99. The van der Waals surface area contributed by atoms with Crippen molar-refractivity contribution in [2.45, 2.75) is 18.6 Å². The Kier molecular flexibility index (Phi) is 4.96. The fourth-order valence-electron chi connectivity index (χ4n) is 3.30. The fourth-order valence-corrected chi connectivity index (χ4v) is 3.60. The monoisotopic (exact) mass is 421 g/mol. The van der Waals surface area contributed by atoms with Crippen LogP contribution in [0.4, 0.5) is 23.2 Å². The Hall–Kier alpha value is -1.92. The van der Waals surface area contributed by atoms with Crippen molar-refractivity contribution in [3.8, 4) is 0 Å². The number of hydrogen-bond donors (Lipinski definition) is 3. The Balaban J connectivity index is 1.56. The molecule has 0 aliphatic carbocycles. The van der Waals surface area contributed by atoms with E-state index in [9.17, 15) is 22.4 Å². The van der Waals surface area contributed by atoms with Crippen LogP contribution in [0.3, 0.4) is 0 Å². The number of rotatable bonds is 2. The first-order valence-corrected chi connectivity index (χ1v) is 8.84. The Morgan fingerprint density at radius 1 is 1.21 bits per heavy atom. The highest BCUT2D eigenvalue weighted by Gasteiger charge is 2.40. The SMILES string of the molecule is O=C1NC(N2CCOCC2)NC2NN(c3c(F)cc(C(F)(F)F)cc3Cl)C=C12. The molecule has 0 radical (unpaired) electrons. The summed E-state index contributed by atoms with van der Waals surface area (Å²) in [5, 5.41) is 6.65. The van der Waals surface area contributed by atoms with Crippen LogP contribution in [-0.4, -0.2) is 49.6 Å². The molecule has 28 heavy (non-hydrogen) atoms. The number of alkyl halides is 3. The number of fused-ring (bicyclic) bond motifs is 1. The molecular formula is C16H16ClF4N5O2. The summed E-state index contributed by atoms with van der Waals surface area (Å²) in [5.41, 5.74) is 1.63. The molecule has 3 heterocycles. The maximum Gasteiger partial charge on any atom is 0.416 e. The predicted octanol–water partition coefficient (Wildman–Crippen LogP) is 1.37. The molecule has 3 aliphatic rings. The summed E-state index contributed by atoms with van der Waals surface area (Å²) < 4.78 is 58.2. The Morgan fingerprint density at radius 2 is 1.93 bits per heavy atom. The zero-order valence-corrected chi connectivity index (χ0v) is 15.1. The fraction of sp³-hybridized carbons (Fsp3) is 0.438. The third kappa shape index (κ3) is 3.55. The van der Waals surface area contributed by atoms with E-state index in [-0.39, 0.29) is 17.2 Å². The third-order valence-electron chi connectivity index (χ3n) is 4.70. The number of amides is 1. The van der Waals surface area contributed by atoms with E-state index in [4.69, 9.17) is 16.3 Å². The van der Waals surface area contributed by atoms with Crippen LogP contribution in [0.15, 0.2) is 23.9 Å². The second-order valence-corrected chi connectivity index (χ2v) is 6.90. The lowest BCUT2D eigenvalue weighted by atomic mass is 10.1. The van der Waals surface area contributed by atoms with E-state index in [1.807, 2.05) is 4.90 Å². The van der Waals surface area contributed by atoms with Crippen LogP contribution in [-0.2, 0) is 15.7 Å². The first-order chi connectivity index (χ1) is 13.2. The van der Waals surface area contributed by atoms with Gasteiger partial charge in [0.2, 0.25) is 0 Å². The lowest BCUT2D eigenvalue weighted by Gasteiger charge is -2.40. The largest absolute Gasteiger partial charge is 0.416 e. The minimum atomic E-state index is -4.72. The molecule has 3 N–H and O–H groups in total. The maximum atomic E-state index is 14.4. The Labute approximate surface area is 162 Å². The van der Waals surface area contributed by atoms with E-state index in [0.717, 1.165) is 5.01 Å². The van der Waals surface area contributed by atoms with Crippen molar-refractivity contribution in [1.29, 1.82) is 0 Å². The van der Waals surface area contributed by atoms with Gasteiger partial charge < -0.3 is 10.1 Å². The van der Waals surface area contributed by atoms with E-state index < -0.39 is 35.0 Å². The molecular weight excluding hydrogens is 406 g/mol. The van der Waals surface area contributed by atoms with E-state index in [0.29, 0.717) is 38.4 Å². The summed E-state index contributed by atoms with van der Waals surface area (Å²) >= 11 is 5.91. The molecule has 0 aromatic heterocycles. The molecule has 1 aromatic carbocycles. The van der Waals surface area contributed by atoms with Gasteiger partial charge in [0.25, 0.3) is 5.91 Å². The second-order valence-electron chi connectivity index (χ2n) is 6.49. The van der Waals surface area contributed by atoms with E-state index in [1.54, 1.807) is 0 Å². The zero-order chi connectivity index (χ0) is 20.1. The van der Waals surface area contributed by atoms with Gasteiger partial charge >= 0.3 is 6.18 Å². The van der Waals surface area contributed by atoms with Crippen molar-refractivity contribution in [2.75, 3.05) is 31.3 Å². The molecule has 152 valence electrons. The molecule has 0 bridgehead atoms. The quantitative estimate of drug-likeness (QED) is 0.627. The summed E-state index contributed by atoms with van der Waals surface area (Å²) in [6.07, 6.45) is -4.53. The van der Waals surface area contributed by atoms with Crippen LogP contribution in [0.1, 0.15) is 5.56 Å². The maximum absolute atomic E-state index is 14.4. The van der Waals surface area contributed by atoms with Crippen molar-refractivity contribution in [3.63, 3.8) is 0 Å². The van der Waals surface area contributed by atoms with Crippen LogP contribution in [0.25, 0.3) is 0 Å². The van der Waals surface area contributed by atoms with Gasteiger partial charge in [0.1, 0.15) is 24.0 Å². The van der Waals surface area contributed by atoms with Gasteiger partial charge in [0.05, 0.1) is 29.4 Å². The number of hydrazine groups is 1. The second kappa shape index (κ2) is 7.16. The lowest BCUT2D eigenvalue weighted by molar-refractivity contribution is -0.137. The van der Waals surface area contributed by atoms with Crippen molar-refractivity contribution in [1.82, 2.24) is 21.0 Å². The lowest BCUT2D eigenvalue weighted by Crippen LogP contribution is -2.68. The number of ether oxygens (including phenoxy) is 1. The number of morpholine rings is 1. The summed E-state index contributed by atoms with van der Waals surface area (Å²) in [4.78, 5) is 14.4. The molecule has 0 saturated carbocycles. The van der Waals surface area contributed by atoms with Crippen LogP contribution in [0.2, 0.25) is 5.02 Å². The highest BCUT2D eigenvalue weighted by Crippen LogP contribution is 2.38. The molecule has 2 unspecified atom stereocenters. The van der Waals surface area contributed by atoms with Crippen LogP contribution in [0, 0.1) is 5.82 Å². The summed E-state index contributed by atoms with van der Waals surface area (Å²) in [7, 11) is 0. The number of benzene rings is 1. The average Bonchev–Trinajstić information content (AvgIpc) is 3.05. The number of nitrogens with one attached hydrogen (secondary N) is 3. The van der Waals surface area contributed by atoms with Gasteiger partial charge in [-0.05, 0) is 12.1 Å². The number of halogens is 5. The molecule has 1 aromatic rings. The van der Waals surface area contributed by atoms with Crippen LogP contribution < -0.4 is 21.1 Å². The highest BCUT2D eigenvalue weighted by molar-refractivity contribution is 6.33. The Bertz CT molecular complexity index is 805. The molecule has 2 saturated heterocycles. The normalized spacial score (nSPS) is 26.1.